The molecule has 0 aromatic heterocycles. The number of rotatable bonds is 66. The normalized spacial score (nSPS) is 12.0. The molecule has 0 saturated carbocycles. The van der Waals surface area contributed by atoms with Crippen molar-refractivity contribution < 1.29 is 28.6 Å². The molecule has 1 unspecified atom stereocenters. The number of carbonyl (C=O) groups is 3. The van der Waals surface area contributed by atoms with Crippen LogP contribution in [0.3, 0.4) is 0 Å². The zero-order valence-electron chi connectivity index (χ0n) is 52.5. The maximum Gasteiger partial charge on any atom is 0.306 e. The summed E-state index contributed by atoms with van der Waals surface area (Å²) in [5, 5.41) is 0. The Hall–Kier alpha value is -1.85. The highest BCUT2D eigenvalue weighted by Crippen LogP contribution is 2.19. The number of carbonyl (C=O) groups excluding carboxylic acids is 3. The van der Waals surface area contributed by atoms with Crippen molar-refractivity contribution in [3.8, 4) is 0 Å². The van der Waals surface area contributed by atoms with Gasteiger partial charge in [0.2, 0.25) is 0 Å². The molecule has 0 amide bonds. The Balaban J connectivity index is 4.25. The Morgan fingerprint density at radius 2 is 0.429 bits per heavy atom. The van der Waals surface area contributed by atoms with Gasteiger partial charge >= 0.3 is 17.9 Å². The van der Waals surface area contributed by atoms with Crippen LogP contribution in [0.5, 0.6) is 0 Å². The third-order valence-corrected chi connectivity index (χ3v) is 16.3. The number of hydrogen-bond donors (Lipinski definition) is 0. The Morgan fingerprint density at radius 1 is 0.247 bits per heavy atom. The number of unbranched alkanes of at least 4 members (excludes halogenated alkanes) is 53. The number of esters is 3. The molecule has 1 atom stereocenters. The van der Waals surface area contributed by atoms with Crippen molar-refractivity contribution in [2.75, 3.05) is 13.2 Å². The summed E-state index contributed by atoms with van der Waals surface area (Å²) in [5.41, 5.74) is 0. The third kappa shape index (κ3) is 64.9. The predicted molar refractivity (Wildman–Crippen MR) is 335 cm³/mol. The van der Waals surface area contributed by atoms with Crippen molar-refractivity contribution in [3.63, 3.8) is 0 Å². The van der Waals surface area contributed by atoms with Crippen molar-refractivity contribution in [1.29, 1.82) is 0 Å². The lowest BCUT2D eigenvalue weighted by atomic mass is 10.0. The molecule has 0 aliphatic heterocycles. The van der Waals surface area contributed by atoms with Gasteiger partial charge in [-0.2, -0.15) is 0 Å². The van der Waals surface area contributed by atoms with Crippen LogP contribution in [0.4, 0.5) is 0 Å². The lowest BCUT2D eigenvalue weighted by molar-refractivity contribution is -0.167. The first-order valence-electron chi connectivity index (χ1n) is 35.2. The minimum absolute atomic E-state index is 0.0637. The smallest absolute Gasteiger partial charge is 0.306 e. The highest BCUT2D eigenvalue weighted by atomic mass is 16.6. The van der Waals surface area contributed by atoms with Crippen molar-refractivity contribution in [2.24, 2.45) is 0 Å². The Kier molecular flexibility index (Phi) is 65.1. The lowest BCUT2D eigenvalue weighted by Crippen LogP contribution is -2.30. The summed E-state index contributed by atoms with van der Waals surface area (Å²) in [7, 11) is 0. The van der Waals surface area contributed by atoms with Crippen molar-refractivity contribution in [2.45, 2.75) is 412 Å². The van der Waals surface area contributed by atoms with Crippen LogP contribution in [0.1, 0.15) is 406 Å². The predicted octanol–water partition coefficient (Wildman–Crippen LogP) is 24.0. The van der Waals surface area contributed by atoms with Crippen molar-refractivity contribution in [3.05, 3.63) is 12.2 Å². The number of ether oxygens (including phenoxy) is 3. The first-order chi connectivity index (χ1) is 38.0. The topological polar surface area (TPSA) is 78.9 Å². The van der Waals surface area contributed by atoms with Gasteiger partial charge in [-0.1, -0.05) is 354 Å². The van der Waals surface area contributed by atoms with Crippen LogP contribution < -0.4 is 0 Å². The molecule has 0 N–H and O–H groups in total. The molecular formula is C71H136O6. The summed E-state index contributed by atoms with van der Waals surface area (Å²) in [6.45, 7) is 6.73. The molecule has 0 aromatic rings. The minimum Gasteiger partial charge on any atom is -0.462 e. The molecule has 0 bridgehead atoms. The van der Waals surface area contributed by atoms with Crippen LogP contribution in [0, 0.1) is 0 Å². The van der Waals surface area contributed by atoms with E-state index in [9.17, 15) is 14.4 Å². The van der Waals surface area contributed by atoms with E-state index in [-0.39, 0.29) is 31.1 Å². The van der Waals surface area contributed by atoms with Crippen molar-refractivity contribution in [1.82, 2.24) is 0 Å². The van der Waals surface area contributed by atoms with Gasteiger partial charge in [-0.05, 0) is 44.9 Å². The van der Waals surface area contributed by atoms with Crippen molar-refractivity contribution >= 4 is 17.9 Å². The van der Waals surface area contributed by atoms with Gasteiger partial charge < -0.3 is 14.2 Å². The highest BCUT2D eigenvalue weighted by Gasteiger charge is 2.19. The van der Waals surface area contributed by atoms with Gasteiger partial charge in [-0.25, -0.2) is 0 Å². The van der Waals surface area contributed by atoms with Crippen LogP contribution in [-0.4, -0.2) is 37.2 Å². The molecule has 0 saturated heterocycles. The molecule has 456 valence electrons. The summed E-state index contributed by atoms with van der Waals surface area (Å²) < 4.78 is 17.0. The molecular weight excluding hydrogens is 949 g/mol. The van der Waals surface area contributed by atoms with E-state index in [4.69, 9.17) is 14.2 Å². The quantitative estimate of drug-likeness (QED) is 0.0261. The Morgan fingerprint density at radius 3 is 0.649 bits per heavy atom. The van der Waals surface area contributed by atoms with Crippen LogP contribution >= 0.6 is 0 Å². The summed E-state index contributed by atoms with van der Waals surface area (Å²) in [6, 6.07) is 0. The molecule has 0 heterocycles. The SMILES string of the molecule is CCCCCCCCCC/C=C\CCCCCCCCCCCC(=O)OC(COC(=O)CCCCCCCCCCCCCCCCC)COC(=O)CCCCCCCCCCCCCCCCCCCCCCCCC. The summed E-state index contributed by atoms with van der Waals surface area (Å²) in [6.07, 6.45) is 79.5. The van der Waals surface area contributed by atoms with E-state index in [0.29, 0.717) is 19.3 Å². The van der Waals surface area contributed by atoms with Gasteiger partial charge in [0.25, 0.3) is 0 Å². The van der Waals surface area contributed by atoms with E-state index in [0.717, 1.165) is 57.8 Å². The molecule has 0 fully saturated rings. The molecule has 0 aliphatic carbocycles. The average Bonchev–Trinajstić information content (AvgIpc) is 3.43. The molecule has 6 heteroatoms. The Bertz CT molecular complexity index is 1200. The first-order valence-corrected chi connectivity index (χ1v) is 35.2. The first kappa shape index (κ1) is 75.2. The van der Waals surface area contributed by atoms with Gasteiger partial charge in [0.15, 0.2) is 6.10 Å². The zero-order chi connectivity index (χ0) is 55.7. The van der Waals surface area contributed by atoms with Gasteiger partial charge in [0.05, 0.1) is 0 Å². The molecule has 0 spiro atoms. The zero-order valence-corrected chi connectivity index (χ0v) is 52.5. The number of hydrogen-bond acceptors (Lipinski definition) is 6. The second-order valence-corrected chi connectivity index (χ2v) is 24.2. The van der Waals surface area contributed by atoms with Crippen LogP contribution in [0.2, 0.25) is 0 Å². The monoisotopic (exact) mass is 1090 g/mol. The van der Waals surface area contributed by atoms with E-state index in [2.05, 4.69) is 32.9 Å². The molecule has 0 aliphatic rings. The molecule has 0 rings (SSSR count). The van der Waals surface area contributed by atoms with Crippen LogP contribution in [-0.2, 0) is 28.6 Å². The fourth-order valence-electron chi connectivity index (χ4n) is 11.0. The van der Waals surface area contributed by atoms with Crippen LogP contribution in [0.25, 0.3) is 0 Å². The van der Waals surface area contributed by atoms with E-state index >= 15 is 0 Å². The van der Waals surface area contributed by atoms with Gasteiger partial charge in [-0.15, -0.1) is 0 Å². The largest absolute Gasteiger partial charge is 0.462 e. The van der Waals surface area contributed by atoms with Gasteiger partial charge in [-0.3, -0.25) is 14.4 Å². The maximum absolute atomic E-state index is 12.9. The van der Waals surface area contributed by atoms with E-state index < -0.39 is 6.10 Å². The molecule has 0 radical (unpaired) electrons. The van der Waals surface area contributed by atoms with E-state index in [1.54, 1.807) is 0 Å². The second-order valence-electron chi connectivity index (χ2n) is 24.2. The van der Waals surface area contributed by atoms with Crippen LogP contribution in [0.15, 0.2) is 12.2 Å². The molecule has 77 heavy (non-hydrogen) atoms. The molecule has 0 aromatic carbocycles. The fourth-order valence-corrected chi connectivity index (χ4v) is 11.0. The Labute approximate surface area is 481 Å². The third-order valence-electron chi connectivity index (χ3n) is 16.3. The fraction of sp³-hybridized carbons (Fsp3) is 0.930. The summed E-state index contributed by atoms with van der Waals surface area (Å²) >= 11 is 0. The van der Waals surface area contributed by atoms with Gasteiger partial charge in [0.1, 0.15) is 13.2 Å². The maximum atomic E-state index is 12.9. The standard InChI is InChI=1S/C71H136O6/c1-4-7-10-13-16-19-22-25-28-30-32-34-35-37-38-40-43-46-49-52-55-58-61-64-70(73)76-67-68(66-75-69(72)63-60-57-54-51-48-45-42-27-24-21-18-15-12-9-6-3)77-71(74)65-62-59-56-53-50-47-44-41-39-36-33-31-29-26-23-20-17-14-11-8-5-2/h31,33,68H,4-30,32,34-67H2,1-3H3/b33-31-. The van der Waals surface area contributed by atoms with E-state index in [1.807, 2.05) is 0 Å². The highest BCUT2D eigenvalue weighted by molar-refractivity contribution is 5.71. The molecule has 6 nitrogen and oxygen atoms in total. The summed E-state index contributed by atoms with van der Waals surface area (Å²) in [5.74, 6) is -0.829. The van der Waals surface area contributed by atoms with E-state index in [1.165, 1.54) is 308 Å². The second kappa shape index (κ2) is 66.7. The number of allylic oxidation sites excluding steroid dienone is 2. The average molecular weight is 1090 g/mol. The summed E-state index contributed by atoms with van der Waals surface area (Å²) in [4.78, 5) is 38.4. The van der Waals surface area contributed by atoms with Gasteiger partial charge in [0, 0.05) is 19.3 Å². The lowest BCUT2D eigenvalue weighted by Gasteiger charge is -2.18. The minimum atomic E-state index is -0.767.